The third-order valence-electron chi connectivity index (χ3n) is 13.7. The molecule has 0 aliphatic rings. The van der Waals surface area contributed by atoms with Gasteiger partial charge in [0, 0.05) is 49.1 Å². The van der Waals surface area contributed by atoms with Gasteiger partial charge in [-0.3, -0.25) is 4.57 Å². The average Bonchev–Trinajstić information content (AvgIpc) is 4.07. The van der Waals surface area contributed by atoms with Gasteiger partial charge in [0.05, 0.1) is 38.8 Å². The van der Waals surface area contributed by atoms with E-state index in [0.29, 0.717) is 17.6 Å². The van der Waals surface area contributed by atoms with E-state index in [4.69, 9.17) is 15.0 Å². The molecular weight excluding hydrogens is 841 g/mol. The normalized spacial score (nSPS) is 11.8. The Morgan fingerprint density at radius 1 is 0.246 bits per heavy atom. The number of para-hydroxylation sites is 5. The van der Waals surface area contributed by atoms with Crippen molar-refractivity contribution in [3.05, 3.63) is 243 Å². The van der Waals surface area contributed by atoms with Crippen molar-refractivity contribution in [3.8, 4) is 62.4 Å². The van der Waals surface area contributed by atoms with Crippen molar-refractivity contribution < 1.29 is 0 Å². The number of nitrogens with zero attached hydrogens (tertiary/aromatic N) is 6. The summed E-state index contributed by atoms with van der Waals surface area (Å²) in [5.41, 5.74) is 15.0. The number of benzene rings is 10. The zero-order valence-corrected chi connectivity index (χ0v) is 37.3. The molecule has 0 fully saturated rings. The highest BCUT2D eigenvalue weighted by Crippen LogP contribution is 2.47. The third-order valence-corrected chi connectivity index (χ3v) is 13.7. The Labute approximate surface area is 397 Å². The predicted octanol–water partition coefficient (Wildman–Crippen LogP) is 15.8. The van der Waals surface area contributed by atoms with Crippen LogP contribution >= 0.6 is 0 Å². The summed E-state index contributed by atoms with van der Waals surface area (Å²) in [4.78, 5) is 16.3. The minimum atomic E-state index is 0.536. The lowest BCUT2D eigenvalue weighted by Crippen LogP contribution is -2.07. The quantitative estimate of drug-likeness (QED) is 0.160. The largest absolute Gasteiger partial charge is 0.309 e. The zero-order valence-electron chi connectivity index (χ0n) is 37.3. The molecule has 0 bridgehead atoms. The van der Waals surface area contributed by atoms with Gasteiger partial charge < -0.3 is 9.13 Å². The van der Waals surface area contributed by atoms with Crippen molar-refractivity contribution in [2.24, 2.45) is 0 Å². The highest BCUT2D eigenvalue weighted by atomic mass is 15.2. The zero-order chi connectivity index (χ0) is 45.4. The van der Waals surface area contributed by atoms with Crippen LogP contribution in [0, 0.1) is 0 Å². The van der Waals surface area contributed by atoms with Crippen LogP contribution in [0.15, 0.2) is 243 Å². The van der Waals surface area contributed by atoms with Crippen LogP contribution in [0.5, 0.6) is 0 Å². The maximum atomic E-state index is 5.49. The molecule has 0 N–H and O–H groups in total. The van der Waals surface area contributed by atoms with Gasteiger partial charge in [-0.25, -0.2) is 4.98 Å². The van der Waals surface area contributed by atoms with Crippen molar-refractivity contribution in [2.75, 3.05) is 0 Å². The first-order valence-electron chi connectivity index (χ1n) is 23.4. The maximum Gasteiger partial charge on any atom is 0.238 e. The van der Waals surface area contributed by atoms with Crippen molar-refractivity contribution in [3.63, 3.8) is 0 Å². The molecule has 10 aromatic carbocycles. The van der Waals surface area contributed by atoms with Gasteiger partial charge >= 0.3 is 0 Å². The standard InChI is InChI=1S/C63H40N6/c1-4-19-41(20-5-1)43-35-37-44(38-36-43)61-64-62(46-24-18-23-45(39-46)42-21-6-2-7-22-42)66-63(65-61)69-55-34-17-13-30-51(55)59-57(69)40-56-58(50-29-12-16-33-54(50)67(56)47-25-8-3-9-26-47)60(59)68-52-31-14-10-27-48(52)49-28-11-15-32-53(49)68/h1-40H. The van der Waals surface area contributed by atoms with E-state index in [1.165, 1.54) is 21.5 Å². The smallest absolute Gasteiger partial charge is 0.238 e. The summed E-state index contributed by atoms with van der Waals surface area (Å²) in [5, 5.41) is 6.97. The molecule has 0 saturated heterocycles. The van der Waals surface area contributed by atoms with Crippen molar-refractivity contribution >= 4 is 65.4 Å². The number of hydrogen-bond donors (Lipinski definition) is 0. The molecule has 0 unspecified atom stereocenters. The Hall–Kier alpha value is -9.39. The Kier molecular flexibility index (Phi) is 8.79. The molecule has 14 rings (SSSR count). The van der Waals surface area contributed by atoms with Gasteiger partial charge in [0.2, 0.25) is 5.95 Å². The summed E-state index contributed by atoms with van der Waals surface area (Å²) in [5.74, 6) is 1.72. The molecule has 4 heterocycles. The number of hydrogen-bond acceptors (Lipinski definition) is 3. The lowest BCUT2D eigenvalue weighted by Gasteiger charge is -2.15. The van der Waals surface area contributed by atoms with Crippen LogP contribution in [0.2, 0.25) is 0 Å². The highest BCUT2D eigenvalue weighted by molar-refractivity contribution is 6.27. The van der Waals surface area contributed by atoms with Crippen molar-refractivity contribution in [1.29, 1.82) is 0 Å². The second-order valence-electron chi connectivity index (χ2n) is 17.6. The summed E-state index contributed by atoms with van der Waals surface area (Å²) in [6, 6.07) is 86.2. The predicted molar refractivity (Wildman–Crippen MR) is 285 cm³/mol. The topological polar surface area (TPSA) is 53.5 Å². The van der Waals surface area contributed by atoms with Gasteiger partial charge in [-0.1, -0.05) is 194 Å². The van der Waals surface area contributed by atoms with E-state index >= 15 is 0 Å². The first kappa shape index (κ1) is 38.8. The van der Waals surface area contributed by atoms with Gasteiger partial charge in [0.1, 0.15) is 0 Å². The molecule has 0 radical (unpaired) electrons. The second-order valence-corrected chi connectivity index (χ2v) is 17.6. The van der Waals surface area contributed by atoms with Gasteiger partial charge in [-0.05, 0) is 70.8 Å². The minimum Gasteiger partial charge on any atom is -0.309 e. The van der Waals surface area contributed by atoms with Crippen molar-refractivity contribution in [1.82, 2.24) is 28.7 Å². The molecule has 0 atom stereocenters. The fraction of sp³-hybridized carbons (Fsp3) is 0. The Balaban J connectivity index is 1.13. The fourth-order valence-electron chi connectivity index (χ4n) is 10.6. The summed E-state index contributed by atoms with van der Waals surface area (Å²) >= 11 is 0. The minimum absolute atomic E-state index is 0.536. The Morgan fingerprint density at radius 3 is 1.25 bits per heavy atom. The Morgan fingerprint density at radius 2 is 0.652 bits per heavy atom. The maximum absolute atomic E-state index is 5.49. The summed E-state index contributed by atoms with van der Waals surface area (Å²) in [6.45, 7) is 0. The van der Waals surface area contributed by atoms with E-state index in [2.05, 4.69) is 244 Å². The second kappa shape index (κ2) is 15.6. The first-order chi connectivity index (χ1) is 34.2. The molecule has 0 aliphatic carbocycles. The summed E-state index contributed by atoms with van der Waals surface area (Å²) in [7, 11) is 0. The van der Waals surface area contributed by atoms with Crippen LogP contribution in [0.4, 0.5) is 0 Å². The van der Waals surface area contributed by atoms with Crippen LogP contribution in [-0.2, 0) is 0 Å². The van der Waals surface area contributed by atoms with Gasteiger partial charge in [0.15, 0.2) is 11.6 Å². The van der Waals surface area contributed by atoms with Crippen molar-refractivity contribution in [2.45, 2.75) is 0 Å². The molecular formula is C63H40N6. The van der Waals surface area contributed by atoms with E-state index < -0.39 is 0 Å². The van der Waals surface area contributed by atoms with Crippen LogP contribution in [-0.4, -0.2) is 28.7 Å². The molecule has 0 amide bonds. The lowest BCUT2D eigenvalue weighted by molar-refractivity contribution is 0.953. The molecule has 322 valence electrons. The van der Waals surface area contributed by atoms with Gasteiger partial charge in [-0.2, -0.15) is 9.97 Å². The van der Waals surface area contributed by atoms with Gasteiger partial charge in [0.25, 0.3) is 0 Å². The summed E-state index contributed by atoms with van der Waals surface area (Å²) in [6.07, 6.45) is 0. The average molecular weight is 881 g/mol. The molecule has 0 aliphatic heterocycles. The monoisotopic (exact) mass is 880 g/mol. The number of aromatic nitrogens is 6. The van der Waals surface area contributed by atoms with Crippen LogP contribution in [0.3, 0.4) is 0 Å². The molecule has 6 nitrogen and oxygen atoms in total. The molecule has 0 spiro atoms. The molecule has 6 heteroatoms. The number of rotatable bonds is 7. The van der Waals surface area contributed by atoms with E-state index in [1.54, 1.807) is 0 Å². The Bertz CT molecular complexity index is 4230. The SMILES string of the molecule is c1ccc(-c2ccc(-c3nc(-c4cccc(-c5ccccc5)c4)nc(-n4c5ccccc5c5c(-n6c7ccccc7c7ccccc76)c6c7ccccc7n(-c7ccccc7)c6cc54)n3)cc2)cc1. The third kappa shape index (κ3) is 6.16. The number of fused-ring (bicyclic) bond motifs is 9. The molecule has 69 heavy (non-hydrogen) atoms. The first-order valence-corrected chi connectivity index (χ1v) is 23.4. The highest BCUT2D eigenvalue weighted by Gasteiger charge is 2.27. The molecule has 14 aromatic rings. The molecule has 4 aromatic heterocycles. The molecule has 0 saturated carbocycles. The van der Waals surface area contributed by atoms with E-state index in [1.807, 2.05) is 12.1 Å². The summed E-state index contributed by atoms with van der Waals surface area (Å²) < 4.78 is 7.18. The van der Waals surface area contributed by atoms with E-state index in [-0.39, 0.29) is 0 Å². The fourth-order valence-corrected chi connectivity index (χ4v) is 10.6. The van der Waals surface area contributed by atoms with Crippen LogP contribution < -0.4 is 0 Å². The van der Waals surface area contributed by atoms with E-state index in [9.17, 15) is 0 Å². The van der Waals surface area contributed by atoms with E-state index in [0.717, 1.165) is 88.6 Å². The van der Waals surface area contributed by atoms with Crippen LogP contribution in [0.1, 0.15) is 0 Å². The van der Waals surface area contributed by atoms with Crippen LogP contribution in [0.25, 0.3) is 128 Å². The lowest BCUT2D eigenvalue weighted by atomic mass is 10.0. The van der Waals surface area contributed by atoms with Gasteiger partial charge in [-0.15, -0.1) is 0 Å².